The number of ether oxygens (including phenoxy) is 2. The fraction of sp³-hybridized carbons (Fsp3) is 0.571. The molecule has 6 heteroatoms. The molecule has 2 N–H and O–H groups in total. The van der Waals surface area contributed by atoms with E-state index in [1.54, 1.807) is 19.2 Å². The fourth-order valence-corrected chi connectivity index (χ4v) is 3.34. The van der Waals surface area contributed by atoms with E-state index in [2.05, 4.69) is 0 Å². The fourth-order valence-electron chi connectivity index (χ4n) is 1.63. The number of sulfone groups is 1. The van der Waals surface area contributed by atoms with Crippen molar-refractivity contribution in [2.45, 2.75) is 37.7 Å². The predicted octanol–water partition coefficient (Wildman–Crippen LogP) is 2.26. The third-order valence-electron chi connectivity index (χ3n) is 3.16. The van der Waals surface area contributed by atoms with Crippen LogP contribution >= 0.6 is 0 Å². The van der Waals surface area contributed by atoms with Crippen LogP contribution in [0.2, 0.25) is 0 Å². The second-order valence-electron chi connectivity index (χ2n) is 5.17. The lowest BCUT2D eigenvalue weighted by Crippen LogP contribution is -2.26. The summed E-state index contributed by atoms with van der Waals surface area (Å²) in [6.45, 7) is 6.01. The lowest BCUT2D eigenvalue weighted by molar-refractivity contribution is 0.0203. The van der Waals surface area contributed by atoms with E-state index in [1.807, 2.05) is 20.8 Å². The first-order valence-electron chi connectivity index (χ1n) is 6.52. The molecule has 0 aliphatic rings. The largest absolute Gasteiger partial charge is 0.494 e. The number of hydrogen-bond acceptors (Lipinski definition) is 5. The molecule has 114 valence electrons. The molecule has 20 heavy (non-hydrogen) atoms. The van der Waals surface area contributed by atoms with Gasteiger partial charge in [0.2, 0.25) is 0 Å². The van der Waals surface area contributed by atoms with Crippen molar-refractivity contribution >= 4 is 15.5 Å². The van der Waals surface area contributed by atoms with Crippen LogP contribution in [0.1, 0.15) is 27.2 Å². The lowest BCUT2D eigenvalue weighted by Gasteiger charge is -2.22. The summed E-state index contributed by atoms with van der Waals surface area (Å²) in [4.78, 5) is 0.121. The van der Waals surface area contributed by atoms with Gasteiger partial charge in [-0.3, -0.25) is 0 Å². The van der Waals surface area contributed by atoms with Crippen LogP contribution in [-0.4, -0.2) is 33.5 Å². The lowest BCUT2D eigenvalue weighted by atomic mass is 10.1. The number of anilines is 1. The molecule has 0 unspecified atom stereocenters. The predicted molar refractivity (Wildman–Crippen MR) is 79.8 cm³/mol. The van der Waals surface area contributed by atoms with Gasteiger partial charge in [-0.1, -0.05) is 0 Å². The molecular weight excluding hydrogens is 278 g/mol. The van der Waals surface area contributed by atoms with Crippen LogP contribution in [0.3, 0.4) is 0 Å². The zero-order valence-electron chi connectivity index (χ0n) is 12.5. The summed E-state index contributed by atoms with van der Waals surface area (Å²) in [5.74, 6) is 0.486. The number of methoxy groups -OCH3 is 1. The van der Waals surface area contributed by atoms with E-state index < -0.39 is 15.4 Å². The van der Waals surface area contributed by atoms with Crippen LogP contribution in [0.15, 0.2) is 23.1 Å². The topological polar surface area (TPSA) is 78.6 Å². The highest BCUT2D eigenvalue weighted by atomic mass is 32.2. The van der Waals surface area contributed by atoms with Crippen molar-refractivity contribution in [1.29, 1.82) is 0 Å². The zero-order chi connectivity index (χ0) is 15.4. The van der Waals surface area contributed by atoms with Gasteiger partial charge in [0, 0.05) is 13.2 Å². The molecule has 0 bridgehead atoms. The molecule has 5 nitrogen and oxygen atoms in total. The minimum Gasteiger partial charge on any atom is -0.494 e. The Morgan fingerprint density at radius 3 is 2.50 bits per heavy atom. The standard InChI is InChI=1S/C14H23NO4S/c1-5-19-11-6-7-12(15)13(10-11)20(16,17)9-8-14(2,3)18-4/h6-7,10H,5,8-9,15H2,1-4H3. The Balaban J connectivity index is 3.00. The molecule has 1 aromatic carbocycles. The maximum absolute atomic E-state index is 12.4. The molecule has 1 aromatic rings. The minimum absolute atomic E-state index is 0.0202. The first kappa shape index (κ1) is 16.8. The SMILES string of the molecule is CCOc1ccc(N)c(S(=O)(=O)CCC(C)(C)OC)c1. The zero-order valence-corrected chi connectivity index (χ0v) is 13.3. The monoisotopic (exact) mass is 301 g/mol. The Hall–Kier alpha value is -1.27. The van der Waals surface area contributed by atoms with Gasteiger partial charge in [-0.15, -0.1) is 0 Å². The van der Waals surface area contributed by atoms with Gasteiger partial charge in [-0.05, 0) is 39.3 Å². The van der Waals surface area contributed by atoms with E-state index in [9.17, 15) is 8.42 Å². The van der Waals surface area contributed by atoms with Crippen molar-refractivity contribution in [3.63, 3.8) is 0 Å². The summed E-state index contributed by atoms with van der Waals surface area (Å²) in [7, 11) is -1.89. The number of nitrogen functional groups attached to an aromatic ring is 1. The van der Waals surface area contributed by atoms with Crippen molar-refractivity contribution in [3.05, 3.63) is 18.2 Å². The van der Waals surface area contributed by atoms with Gasteiger partial charge in [-0.2, -0.15) is 0 Å². The average molecular weight is 301 g/mol. The van der Waals surface area contributed by atoms with Gasteiger partial charge >= 0.3 is 0 Å². The third kappa shape index (κ3) is 4.38. The molecule has 0 amide bonds. The molecule has 0 saturated carbocycles. The number of hydrogen-bond donors (Lipinski definition) is 1. The van der Waals surface area contributed by atoms with Crippen LogP contribution < -0.4 is 10.5 Å². The maximum Gasteiger partial charge on any atom is 0.180 e. The molecule has 0 fully saturated rings. The normalized spacial score (nSPS) is 12.4. The summed E-state index contributed by atoms with van der Waals surface area (Å²) in [6, 6.07) is 4.70. The number of nitrogens with two attached hydrogens (primary N) is 1. The molecule has 0 radical (unpaired) electrons. The number of rotatable bonds is 7. The third-order valence-corrected chi connectivity index (χ3v) is 4.92. The maximum atomic E-state index is 12.4. The van der Waals surface area contributed by atoms with Crippen LogP contribution in [0, 0.1) is 0 Å². The van der Waals surface area contributed by atoms with Gasteiger partial charge < -0.3 is 15.2 Å². The Bertz CT molecular complexity index is 552. The van der Waals surface area contributed by atoms with Gasteiger partial charge in [0.1, 0.15) is 5.75 Å². The summed E-state index contributed by atoms with van der Waals surface area (Å²) < 4.78 is 35.3. The first-order chi connectivity index (χ1) is 9.22. The smallest absolute Gasteiger partial charge is 0.180 e. The molecular formula is C14H23NO4S. The van der Waals surface area contributed by atoms with Crippen molar-refractivity contribution in [3.8, 4) is 5.75 Å². The molecule has 0 aliphatic heterocycles. The van der Waals surface area contributed by atoms with Gasteiger partial charge in [0.15, 0.2) is 9.84 Å². The Morgan fingerprint density at radius 1 is 1.30 bits per heavy atom. The molecule has 0 spiro atoms. The van der Waals surface area contributed by atoms with E-state index in [1.165, 1.54) is 6.07 Å². The molecule has 0 aromatic heterocycles. The van der Waals surface area contributed by atoms with E-state index in [-0.39, 0.29) is 16.3 Å². The molecule has 0 saturated heterocycles. The summed E-state index contributed by atoms with van der Waals surface area (Å²) in [5, 5.41) is 0. The Morgan fingerprint density at radius 2 is 1.95 bits per heavy atom. The van der Waals surface area contributed by atoms with E-state index >= 15 is 0 Å². The second-order valence-corrected chi connectivity index (χ2v) is 7.24. The van der Waals surface area contributed by atoms with Crippen LogP contribution in [0.5, 0.6) is 5.75 Å². The van der Waals surface area contributed by atoms with Crippen molar-refractivity contribution < 1.29 is 17.9 Å². The van der Waals surface area contributed by atoms with Gasteiger partial charge in [0.05, 0.1) is 28.5 Å². The highest BCUT2D eigenvalue weighted by Gasteiger charge is 2.24. The highest BCUT2D eigenvalue weighted by Crippen LogP contribution is 2.27. The molecule has 0 heterocycles. The van der Waals surface area contributed by atoms with Crippen LogP contribution in [0.4, 0.5) is 5.69 Å². The van der Waals surface area contributed by atoms with Crippen LogP contribution in [0.25, 0.3) is 0 Å². The summed E-state index contributed by atoms with van der Waals surface area (Å²) in [6.07, 6.45) is 0.393. The summed E-state index contributed by atoms with van der Waals surface area (Å²) >= 11 is 0. The molecule has 1 rings (SSSR count). The van der Waals surface area contributed by atoms with Gasteiger partial charge in [-0.25, -0.2) is 8.42 Å². The van der Waals surface area contributed by atoms with E-state index in [4.69, 9.17) is 15.2 Å². The number of benzene rings is 1. The quantitative estimate of drug-likeness (QED) is 0.781. The minimum atomic E-state index is -3.46. The van der Waals surface area contributed by atoms with E-state index in [0.717, 1.165) is 0 Å². The summed E-state index contributed by atoms with van der Waals surface area (Å²) in [5.41, 5.74) is 5.53. The Labute approximate surface area is 121 Å². The van der Waals surface area contributed by atoms with E-state index in [0.29, 0.717) is 18.8 Å². The molecule has 0 atom stereocenters. The second kappa shape index (κ2) is 6.45. The van der Waals surface area contributed by atoms with Crippen molar-refractivity contribution in [1.82, 2.24) is 0 Å². The Kier molecular flexibility index (Phi) is 5.42. The first-order valence-corrected chi connectivity index (χ1v) is 8.17. The molecule has 0 aliphatic carbocycles. The van der Waals surface area contributed by atoms with Crippen molar-refractivity contribution in [2.24, 2.45) is 0 Å². The highest BCUT2D eigenvalue weighted by molar-refractivity contribution is 7.91. The van der Waals surface area contributed by atoms with Crippen LogP contribution in [-0.2, 0) is 14.6 Å². The average Bonchev–Trinajstić information content (AvgIpc) is 2.39. The van der Waals surface area contributed by atoms with Gasteiger partial charge in [0.25, 0.3) is 0 Å². The van der Waals surface area contributed by atoms with Crippen molar-refractivity contribution in [2.75, 3.05) is 25.2 Å².